The zero-order chi connectivity index (χ0) is 22.0. The molecule has 1 N–H and O–H groups in total. The summed E-state index contributed by atoms with van der Waals surface area (Å²) in [5.74, 6) is -0.467. The predicted molar refractivity (Wildman–Crippen MR) is 122 cm³/mol. The summed E-state index contributed by atoms with van der Waals surface area (Å²) in [7, 11) is 0. The van der Waals surface area contributed by atoms with Crippen LogP contribution in [0.3, 0.4) is 0 Å². The van der Waals surface area contributed by atoms with Crippen molar-refractivity contribution in [2.45, 2.75) is 26.6 Å². The summed E-state index contributed by atoms with van der Waals surface area (Å²) >= 11 is 3.35. The van der Waals surface area contributed by atoms with Gasteiger partial charge in [0.1, 0.15) is 6.54 Å². The summed E-state index contributed by atoms with van der Waals surface area (Å²) < 4.78 is 4.89. The molecule has 0 fully saturated rings. The van der Waals surface area contributed by atoms with Crippen LogP contribution in [0.2, 0.25) is 0 Å². The molecule has 31 heavy (non-hydrogen) atoms. The van der Waals surface area contributed by atoms with Crippen LogP contribution < -0.4 is 16.6 Å². The molecule has 0 saturated carbocycles. The Morgan fingerprint density at radius 3 is 2.55 bits per heavy atom. The Hall–Kier alpha value is -3.46. The van der Waals surface area contributed by atoms with Crippen LogP contribution in [0.4, 0.5) is 5.69 Å². The largest absolute Gasteiger partial charge is 0.333 e. The number of aryl methyl sites for hydroxylation is 1. The number of rotatable bonds is 6. The van der Waals surface area contributed by atoms with Gasteiger partial charge in [0.05, 0.1) is 12.9 Å². The van der Waals surface area contributed by atoms with Gasteiger partial charge in [-0.2, -0.15) is 0 Å². The van der Waals surface area contributed by atoms with Crippen LogP contribution in [0.1, 0.15) is 12.5 Å². The van der Waals surface area contributed by atoms with Gasteiger partial charge in [0.2, 0.25) is 5.91 Å². The molecule has 0 atom stereocenters. The minimum Gasteiger partial charge on any atom is -0.325 e. The van der Waals surface area contributed by atoms with E-state index in [1.807, 2.05) is 43.3 Å². The summed E-state index contributed by atoms with van der Waals surface area (Å²) in [6.07, 6.45) is 1.54. The van der Waals surface area contributed by atoms with Gasteiger partial charge in [0.25, 0.3) is 5.56 Å². The lowest BCUT2D eigenvalue weighted by Gasteiger charge is -2.13. The van der Waals surface area contributed by atoms with Crippen molar-refractivity contribution >= 4 is 38.7 Å². The van der Waals surface area contributed by atoms with Gasteiger partial charge in [-0.1, -0.05) is 52.3 Å². The molecule has 0 unspecified atom stereocenters. The fourth-order valence-corrected chi connectivity index (χ4v) is 3.84. The zero-order valence-corrected chi connectivity index (χ0v) is 18.4. The third-order valence-electron chi connectivity index (χ3n) is 4.92. The highest BCUT2D eigenvalue weighted by atomic mass is 79.9. The minimum atomic E-state index is -0.577. The molecule has 9 heteroatoms. The van der Waals surface area contributed by atoms with E-state index in [9.17, 15) is 14.4 Å². The highest BCUT2D eigenvalue weighted by Crippen LogP contribution is 2.15. The first kappa shape index (κ1) is 20.8. The number of imidazole rings is 1. The van der Waals surface area contributed by atoms with E-state index >= 15 is 0 Å². The number of nitrogens with zero attached hydrogens (tertiary/aromatic N) is 4. The number of hydrogen-bond acceptors (Lipinski definition) is 4. The lowest BCUT2D eigenvalue weighted by molar-refractivity contribution is -0.116. The average Bonchev–Trinajstić information content (AvgIpc) is 3.19. The Morgan fingerprint density at radius 1 is 1.06 bits per heavy atom. The molecule has 4 aromatic rings. The standard InChI is InChI=1S/C22H20BrN5O3/c1-2-26-14-24-20-19(26)21(30)28(13-18(29)25-17-10-6-9-16(23)11-17)22(31)27(20)12-15-7-4-3-5-8-15/h3-11,14H,2,12-13H2,1H3,(H,25,29). The van der Waals surface area contributed by atoms with E-state index in [0.29, 0.717) is 23.4 Å². The normalized spacial score (nSPS) is 11.0. The summed E-state index contributed by atoms with van der Waals surface area (Å²) in [6, 6.07) is 16.5. The zero-order valence-electron chi connectivity index (χ0n) is 16.8. The van der Waals surface area contributed by atoms with Crippen molar-refractivity contribution < 1.29 is 4.79 Å². The van der Waals surface area contributed by atoms with Crippen molar-refractivity contribution in [3.8, 4) is 0 Å². The first-order chi connectivity index (χ1) is 15.0. The average molecular weight is 482 g/mol. The molecule has 0 radical (unpaired) electrons. The summed E-state index contributed by atoms with van der Waals surface area (Å²) in [5.41, 5.74) is 0.954. The van der Waals surface area contributed by atoms with Crippen LogP contribution in [-0.4, -0.2) is 24.6 Å². The summed E-state index contributed by atoms with van der Waals surface area (Å²) in [4.78, 5) is 43.3. The van der Waals surface area contributed by atoms with Crippen LogP contribution >= 0.6 is 15.9 Å². The maximum Gasteiger partial charge on any atom is 0.333 e. The molecular weight excluding hydrogens is 462 g/mol. The molecule has 0 aliphatic rings. The Kier molecular flexibility index (Phi) is 5.85. The SMILES string of the molecule is CCn1cnc2c1c(=O)n(CC(=O)Nc1cccc(Br)c1)c(=O)n2Cc1ccccc1. The van der Waals surface area contributed by atoms with Crippen molar-refractivity contribution in [2.75, 3.05) is 5.32 Å². The molecule has 0 aliphatic carbocycles. The van der Waals surface area contributed by atoms with Gasteiger partial charge >= 0.3 is 5.69 Å². The molecule has 2 heterocycles. The van der Waals surface area contributed by atoms with E-state index in [1.165, 1.54) is 4.57 Å². The number of hydrogen-bond donors (Lipinski definition) is 1. The number of amides is 1. The van der Waals surface area contributed by atoms with Crippen molar-refractivity contribution in [1.29, 1.82) is 0 Å². The van der Waals surface area contributed by atoms with Crippen LogP contribution in [-0.2, 0) is 24.4 Å². The number of benzene rings is 2. The van der Waals surface area contributed by atoms with Gasteiger partial charge < -0.3 is 9.88 Å². The molecule has 0 spiro atoms. The molecule has 0 bridgehead atoms. The van der Waals surface area contributed by atoms with Crippen LogP contribution in [0.25, 0.3) is 11.2 Å². The highest BCUT2D eigenvalue weighted by molar-refractivity contribution is 9.10. The number of carbonyl (C=O) groups is 1. The minimum absolute atomic E-state index is 0.241. The summed E-state index contributed by atoms with van der Waals surface area (Å²) in [5, 5.41) is 2.73. The maximum atomic E-state index is 13.2. The molecule has 2 aromatic carbocycles. The first-order valence-corrected chi connectivity index (χ1v) is 10.5. The Balaban J connectivity index is 1.78. The van der Waals surface area contributed by atoms with Gasteiger partial charge in [-0.3, -0.25) is 14.2 Å². The van der Waals surface area contributed by atoms with Gasteiger partial charge in [0.15, 0.2) is 11.2 Å². The van der Waals surface area contributed by atoms with E-state index < -0.39 is 23.7 Å². The fourth-order valence-electron chi connectivity index (χ4n) is 3.44. The number of aromatic nitrogens is 4. The Morgan fingerprint density at radius 2 is 1.84 bits per heavy atom. The summed E-state index contributed by atoms with van der Waals surface area (Å²) in [6.45, 7) is 2.24. The van der Waals surface area contributed by atoms with Crippen molar-refractivity contribution in [1.82, 2.24) is 18.7 Å². The molecule has 0 saturated heterocycles. The Labute approximate surface area is 185 Å². The lowest BCUT2D eigenvalue weighted by Crippen LogP contribution is -2.43. The van der Waals surface area contributed by atoms with Crippen LogP contribution in [0.15, 0.2) is 75.0 Å². The molecular formula is C22H20BrN5O3. The van der Waals surface area contributed by atoms with E-state index in [1.54, 1.807) is 29.1 Å². The van der Waals surface area contributed by atoms with Crippen molar-refractivity contribution in [3.05, 3.63) is 91.8 Å². The molecule has 158 valence electrons. The third-order valence-corrected chi connectivity index (χ3v) is 5.41. The van der Waals surface area contributed by atoms with E-state index in [2.05, 4.69) is 26.2 Å². The van der Waals surface area contributed by atoms with Gasteiger partial charge in [-0.15, -0.1) is 0 Å². The second kappa shape index (κ2) is 8.73. The quantitative estimate of drug-likeness (QED) is 0.458. The molecule has 4 rings (SSSR count). The molecule has 1 amide bonds. The Bertz CT molecular complexity index is 1370. The van der Waals surface area contributed by atoms with Crippen molar-refractivity contribution in [2.24, 2.45) is 0 Å². The van der Waals surface area contributed by atoms with E-state index in [-0.39, 0.29) is 6.54 Å². The van der Waals surface area contributed by atoms with Crippen LogP contribution in [0.5, 0.6) is 0 Å². The number of fused-ring (bicyclic) bond motifs is 1. The number of halogens is 1. The predicted octanol–water partition coefficient (Wildman–Crippen LogP) is 2.83. The monoisotopic (exact) mass is 481 g/mol. The topological polar surface area (TPSA) is 90.9 Å². The third kappa shape index (κ3) is 4.22. The van der Waals surface area contributed by atoms with E-state index in [0.717, 1.165) is 14.6 Å². The fraction of sp³-hybridized carbons (Fsp3) is 0.182. The van der Waals surface area contributed by atoms with Gasteiger partial charge in [-0.05, 0) is 30.7 Å². The number of anilines is 1. The number of carbonyl (C=O) groups excluding carboxylic acids is 1. The van der Waals surface area contributed by atoms with Gasteiger partial charge in [0, 0.05) is 16.7 Å². The van der Waals surface area contributed by atoms with Crippen LogP contribution in [0, 0.1) is 0 Å². The maximum absolute atomic E-state index is 13.2. The smallest absolute Gasteiger partial charge is 0.325 e. The lowest BCUT2D eigenvalue weighted by atomic mass is 10.2. The number of nitrogens with one attached hydrogen (secondary N) is 1. The highest BCUT2D eigenvalue weighted by Gasteiger charge is 2.19. The molecule has 8 nitrogen and oxygen atoms in total. The van der Waals surface area contributed by atoms with Gasteiger partial charge in [-0.25, -0.2) is 14.3 Å². The second-order valence-corrected chi connectivity index (χ2v) is 7.92. The second-order valence-electron chi connectivity index (χ2n) is 7.01. The van der Waals surface area contributed by atoms with E-state index in [4.69, 9.17) is 0 Å². The van der Waals surface area contributed by atoms with Crippen molar-refractivity contribution in [3.63, 3.8) is 0 Å². The first-order valence-electron chi connectivity index (χ1n) is 9.75. The molecule has 2 aromatic heterocycles. The molecule has 0 aliphatic heterocycles.